The van der Waals surface area contributed by atoms with Gasteiger partial charge in [0.15, 0.2) is 0 Å². The molecular weight excluding hydrogens is 250 g/mol. The number of aliphatic hydroxyl groups is 1. The van der Waals surface area contributed by atoms with Gasteiger partial charge in [0, 0.05) is 25.6 Å². The Morgan fingerprint density at radius 3 is 2.84 bits per heavy atom. The van der Waals surface area contributed by atoms with Crippen LogP contribution in [0.2, 0.25) is 0 Å². The minimum absolute atomic E-state index is 0.0489. The predicted octanol–water partition coefficient (Wildman–Crippen LogP) is 0.367. The maximum absolute atomic E-state index is 11.9. The van der Waals surface area contributed by atoms with Crippen molar-refractivity contribution in [3.05, 3.63) is 23.8 Å². The second-order valence-electron chi connectivity index (χ2n) is 4.75. The second-order valence-corrected chi connectivity index (χ2v) is 4.75. The molecule has 104 valence electrons. The zero-order valence-corrected chi connectivity index (χ0v) is 10.6. The molecule has 6 nitrogen and oxygen atoms in total. The summed E-state index contributed by atoms with van der Waals surface area (Å²) in [6.45, 7) is 2.25. The molecule has 1 saturated heterocycles. The van der Waals surface area contributed by atoms with Gasteiger partial charge in [0.25, 0.3) is 5.91 Å². The maximum atomic E-state index is 11.9. The van der Waals surface area contributed by atoms with E-state index in [9.17, 15) is 15.0 Å². The zero-order chi connectivity index (χ0) is 14.0. The molecule has 4 N–H and O–H groups in total. The Balaban J connectivity index is 2.02. The van der Waals surface area contributed by atoms with Gasteiger partial charge in [0.05, 0.1) is 11.7 Å². The lowest BCUT2D eigenvalue weighted by molar-refractivity contribution is -0.0251. The maximum Gasteiger partial charge on any atom is 0.255 e. The number of nitrogens with one attached hydrogen (secondary N) is 1. The molecule has 2 atom stereocenters. The number of phenols is 2. The van der Waals surface area contributed by atoms with Crippen molar-refractivity contribution in [3.8, 4) is 11.5 Å². The van der Waals surface area contributed by atoms with Gasteiger partial charge in [-0.25, -0.2) is 0 Å². The molecule has 0 aliphatic carbocycles. The number of aromatic hydroxyl groups is 2. The quantitative estimate of drug-likeness (QED) is 0.634. The number of amides is 1. The summed E-state index contributed by atoms with van der Waals surface area (Å²) in [5.74, 6) is -0.935. The minimum atomic E-state index is -1.08. The Labute approximate surface area is 110 Å². The first-order valence-corrected chi connectivity index (χ1v) is 6.06. The molecule has 2 unspecified atom stereocenters. The van der Waals surface area contributed by atoms with Crippen molar-refractivity contribution in [2.75, 3.05) is 13.2 Å². The fraction of sp³-hybridized carbons (Fsp3) is 0.462. The molecule has 0 radical (unpaired) electrons. The summed E-state index contributed by atoms with van der Waals surface area (Å²) >= 11 is 0. The van der Waals surface area contributed by atoms with Gasteiger partial charge < -0.3 is 25.4 Å². The molecule has 1 fully saturated rings. The van der Waals surface area contributed by atoms with Crippen LogP contribution in [0.1, 0.15) is 23.7 Å². The van der Waals surface area contributed by atoms with Crippen LogP contribution in [-0.2, 0) is 4.74 Å². The van der Waals surface area contributed by atoms with Crippen molar-refractivity contribution in [2.45, 2.75) is 25.0 Å². The Morgan fingerprint density at radius 2 is 2.26 bits per heavy atom. The van der Waals surface area contributed by atoms with Crippen LogP contribution in [0.3, 0.4) is 0 Å². The molecular formula is C13H17NO5. The van der Waals surface area contributed by atoms with Crippen LogP contribution < -0.4 is 5.32 Å². The van der Waals surface area contributed by atoms with Crippen molar-refractivity contribution in [1.82, 2.24) is 5.32 Å². The molecule has 1 aliphatic heterocycles. The number of rotatable bonds is 3. The summed E-state index contributed by atoms with van der Waals surface area (Å²) < 4.78 is 5.26. The number of hydrogen-bond donors (Lipinski definition) is 4. The summed E-state index contributed by atoms with van der Waals surface area (Å²) in [7, 11) is 0. The Morgan fingerprint density at radius 1 is 1.53 bits per heavy atom. The number of carbonyl (C=O) groups excluding carboxylic acids is 1. The average molecular weight is 267 g/mol. The minimum Gasteiger partial charge on any atom is -0.508 e. The van der Waals surface area contributed by atoms with Crippen molar-refractivity contribution in [1.29, 1.82) is 0 Å². The summed E-state index contributed by atoms with van der Waals surface area (Å²) in [5, 5.41) is 31.5. The molecule has 0 saturated carbocycles. The van der Waals surface area contributed by atoms with Gasteiger partial charge in [-0.3, -0.25) is 4.79 Å². The molecule has 1 aromatic carbocycles. The lowest BCUT2D eigenvalue weighted by Crippen LogP contribution is -2.47. The monoisotopic (exact) mass is 267 g/mol. The van der Waals surface area contributed by atoms with E-state index in [1.165, 1.54) is 12.1 Å². The van der Waals surface area contributed by atoms with E-state index in [0.717, 1.165) is 6.07 Å². The van der Waals surface area contributed by atoms with Gasteiger partial charge in [-0.1, -0.05) is 0 Å². The third kappa shape index (κ3) is 2.80. The SMILES string of the molecule is CC1OCCC1(O)CNC(=O)c1ccc(O)cc1O. The van der Waals surface area contributed by atoms with Crippen LogP contribution in [0, 0.1) is 0 Å². The third-order valence-electron chi connectivity index (χ3n) is 3.44. The molecule has 1 aromatic rings. The van der Waals surface area contributed by atoms with Crippen molar-refractivity contribution in [3.63, 3.8) is 0 Å². The lowest BCUT2D eigenvalue weighted by Gasteiger charge is -2.26. The van der Waals surface area contributed by atoms with Crippen LogP contribution in [-0.4, -0.2) is 46.1 Å². The van der Waals surface area contributed by atoms with Crippen molar-refractivity contribution >= 4 is 5.91 Å². The summed E-state index contributed by atoms with van der Waals surface area (Å²) in [5.41, 5.74) is -1.03. The highest BCUT2D eigenvalue weighted by Crippen LogP contribution is 2.26. The molecule has 0 bridgehead atoms. The molecule has 19 heavy (non-hydrogen) atoms. The van der Waals surface area contributed by atoms with E-state index in [1.54, 1.807) is 6.92 Å². The number of benzene rings is 1. The molecule has 1 amide bonds. The molecule has 0 spiro atoms. The molecule has 0 aromatic heterocycles. The first-order chi connectivity index (χ1) is 8.92. The van der Waals surface area contributed by atoms with Crippen LogP contribution >= 0.6 is 0 Å². The Kier molecular flexibility index (Phi) is 3.64. The molecule has 6 heteroatoms. The highest BCUT2D eigenvalue weighted by atomic mass is 16.5. The normalized spacial score (nSPS) is 26.3. The van der Waals surface area contributed by atoms with E-state index >= 15 is 0 Å². The Bertz CT molecular complexity index is 490. The van der Waals surface area contributed by atoms with E-state index in [1.807, 2.05) is 0 Å². The average Bonchev–Trinajstić information content (AvgIpc) is 2.67. The largest absolute Gasteiger partial charge is 0.508 e. The van der Waals surface area contributed by atoms with Gasteiger partial charge in [0.2, 0.25) is 0 Å². The van der Waals surface area contributed by atoms with E-state index in [2.05, 4.69) is 5.32 Å². The van der Waals surface area contributed by atoms with Crippen molar-refractivity contribution in [2.24, 2.45) is 0 Å². The second kappa shape index (κ2) is 5.07. The summed E-state index contributed by atoms with van der Waals surface area (Å²) in [4.78, 5) is 11.9. The van der Waals surface area contributed by atoms with E-state index < -0.39 is 11.5 Å². The highest BCUT2D eigenvalue weighted by Gasteiger charge is 2.39. The van der Waals surface area contributed by atoms with E-state index in [4.69, 9.17) is 9.84 Å². The first kappa shape index (κ1) is 13.6. The summed E-state index contributed by atoms with van der Waals surface area (Å²) in [6.07, 6.45) is 0.108. The van der Waals surface area contributed by atoms with Crippen LogP contribution in [0.4, 0.5) is 0 Å². The molecule has 2 rings (SSSR count). The van der Waals surface area contributed by atoms with Gasteiger partial charge >= 0.3 is 0 Å². The number of ether oxygens (including phenoxy) is 1. The predicted molar refractivity (Wildman–Crippen MR) is 67.1 cm³/mol. The number of hydrogen-bond acceptors (Lipinski definition) is 5. The standard InChI is InChI=1S/C13H17NO5/c1-8-13(18,4-5-19-8)7-14-12(17)10-3-2-9(15)6-11(10)16/h2-3,6,8,15-16,18H,4-5,7H2,1H3,(H,14,17). The van der Waals surface area contributed by atoms with Crippen molar-refractivity contribution < 1.29 is 24.9 Å². The van der Waals surface area contributed by atoms with Gasteiger partial charge in [-0.2, -0.15) is 0 Å². The van der Waals surface area contributed by atoms with E-state index in [-0.39, 0.29) is 29.7 Å². The number of phenolic OH excluding ortho intramolecular Hbond substituents is 2. The fourth-order valence-electron chi connectivity index (χ4n) is 2.04. The lowest BCUT2D eigenvalue weighted by atomic mass is 9.96. The van der Waals surface area contributed by atoms with Gasteiger partial charge in [0.1, 0.15) is 17.1 Å². The fourth-order valence-corrected chi connectivity index (χ4v) is 2.04. The molecule has 1 heterocycles. The smallest absolute Gasteiger partial charge is 0.255 e. The van der Waals surface area contributed by atoms with Crippen LogP contribution in [0.5, 0.6) is 11.5 Å². The highest BCUT2D eigenvalue weighted by molar-refractivity contribution is 5.97. The molecule has 1 aliphatic rings. The first-order valence-electron chi connectivity index (χ1n) is 6.06. The topological polar surface area (TPSA) is 99.0 Å². The van der Waals surface area contributed by atoms with Gasteiger partial charge in [-0.15, -0.1) is 0 Å². The van der Waals surface area contributed by atoms with E-state index in [0.29, 0.717) is 13.0 Å². The third-order valence-corrected chi connectivity index (χ3v) is 3.44. The number of carbonyl (C=O) groups is 1. The van der Waals surface area contributed by atoms with Crippen LogP contribution in [0.15, 0.2) is 18.2 Å². The Hall–Kier alpha value is -1.79. The summed E-state index contributed by atoms with van der Waals surface area (Å²) in [6, 6.07) is 3.72. The van der Waals surface area contributed by atoms with Crippen LogP contribution in [0.25, 0.3) is 0 Å². The van der Waals surface area contributed by atoms with Gasteiger partial charge in [-0.05, 0) is 19.1 Å². The zero-order valence-electron chi connectivity index (χ0n) is 10.6.